The summed E-state index contributed by atoms with van der Waals surface area (Å²) in [6.07, 6.45) is 0. The first-order chi connectivity index (χ1) is 14.3. The predicted octanol–water partition coefficient (Wildman–Crippen LogP) is 2.69. The molecule has 1 saturated heterocycles. The molecular formula is C21H25FN2O5S. The van der Waals surface area contributed by atoms with Crippen molar-refractivity contribution in [2.24, 2.45) is 0 Å². The van der Waals surface area contributed by atoms with Crippen LogP contribution in [-0.2, 0) is 14.8 Å². The molecule has 0 bridgehead atoms. The number of benzene rings is 2. The molecule has 0 radical (unpaired) electrons. The number of carbonyl (C=O) groups excluding carboxylic acids is 1. The smallest absolute Gasteiger partial charge is 0.254 e. The van der Waals surface area contributed by atoms with Gasteiger partial charge in [-0.05, 0) is 42.8 Å². The number of hydrogen-bond donors (Lipinski definition) is 0. The van der Waals surface area contributed by atoms with Crippen molar-refractivity contribution in [3.05, 3.63) is 59.4 Å². The Morgan fingerprint density at radius 3 is 2.40 bits per heavy atom. The maximum atomic E-state index is 13.2. The molecule has 2 aromatic carbocycles. The van der Waals surface area contributed by atoms with Crippen LogP contribution in [0.25, 0.3) is 0 Å². The molecular weight excluding hydrogens is 411 g/mol. The molecule has 9 heteroatoms. The molecule has 0 spiro atoms. The number of amides is 1. The minimum atomic E-state index is -3.85. The summed E-state index contributed by atoms with van der Waals surface area (Å²) < 4.78 is 51.3. The maximum Gasteiger partial charge on any atom is 0.254 e. The van der Waals surface area contributed by atoms with E-state index in [1.807, 2.05) is 6.92 Å². The van der Waals surface area contributed by atoms with Gasteiger partial charge in [0.15, 0.2) is 0 Å². The highest BCUT2D eigenvalue weighted by Crippen LogP contribution is 2.30. The standard InChI is InChI=1S/C21H25FN2O5S/c1-15(16-4-7-18(22)8-5-16)23(2)21(25)17-6-9-19(28-3)20(14-17)30(26,27)24-10-12-29-13-11-24/h4-9,14-15H,10-13H2,1-3H3. The van der Waals surface area contributed by atoms with Crippen molar-refractivity contribution in [1.82, 2.24) is 9.21 Å². The van der Waals surface area contributed by atoms with Gasteiger partial charge in [-0.2, -0.15) is 4.31 Å². The molecule has 1 amide bonds. The van der Waals surface area contributed by atoms with Gasteiger partial charge < -0.3 is 14.4 Å². The number of sulfonamides is 1. The van der Waals surface area contributed by atoms with Gasteiger partial charge in [-0.15, -0.1) is 0 Å². The first kappa shape index (κ1) is 22.2. The van der Waals surface area contributed by atoms with Gasteiger partial charge in [0.2, 0.25) is 10.0 Å². The molecule has 2 aromatic rings. The number of carbonyl (C=O) groups is 1. The zero-order valence-corrected chi connectivity index (χ0v) is 18.0. The lowest BCUT2D eigenvalue weighted by molar-refractivity contribution is 0.0728. The Morgan fingerprint density at radius 1 is 1.17 bits per heavy atom. The molecule has 1 aliphatic heterocycles. The highest BCUT2D eigenvalue weighted by atomic mass is 32.2. The van der Waals surface area contributed by atoms with Crippen LogP contribution < -0.4 is 4.74 Å². The molecule has 1 fully saturated rings. The van der Waals surface area contributed by atoms with Crippen molar-refractivity contribution in [1.29, 1.82) is 0 Å². The monoisotopic (exact) mass is 436 g/mol. The van der Waals surface area contributed by atoms with E-state index in [2.05, 4.69) is 0 Å². The Morgan fingerprint density at radius 2 is 1.80 bits per heavy atom. The van der Waals surface area contributed by atoms with Gasteiger partial charge in [0.25, 0.3) is 5.91 Å². The fourth-order valence-electron chi connectivity index (χ4n) is 3.28. The molecule has 1 heterocycles. The van der Waals surface area contributed by atoms with E-state index < -0.39 is 10.0 Å². The van der Waals surface area contributed by atoms with E-state index in [0.717, 1.165) is 5.56 Å². The lowest BCUT2D eigenvalue weighted by Crippen LogP contribution is -2.40. The average Bonchev–Trinajstić information content (AvgIpc) is 2.78. The van der Waals surface area contributed by atoms with Crippen molar-refractivity contribution >= 4 is 15.9 Å². The van der Waals surface area contributed by atoms with Crippen molar-refractivity contribution in [2.75, 3.05) is 40.5 Å². The topological polar surface area (TPSA) is 76.2 Å². The maximum absolute atomic E-state index is 13.2. The van der Waals surface area contributed by atoms with Crippen LogP contribution in [0.15, 0.2) is 47.4 Å². The number of hydrogen-bond acceptors (Lipinski definition) is 5. The number of rotatable bonds is 6. The highest BCUT2D eigenvalue weighted by molar-refractivity contribution is 7.89. The van der Waals surface area contributed by atoms with E-state index in [1.54, 1.807) is 19.2 Å². The van der Waals surface area contributed by atoms with Gasteiger partial charge in [-0.3, -0.25) is 4.79 Å². The van der Waals surface area contributed by atoms with Crippen LogP contribution in [0.1, 0.15) is 28.9 Å². The van der Waals surface area contributed by atoms with Crippen LogP contribution in [0.2, 0.25) is 0 Å². The summed E-state index contributed by atoms with van der Waals surface area (Å²) in [5, 5.41) is 0. The predicted molar refractivity (Wildman–Crippen MR) is 109 cm³/mol. The largest absolute Gasteiger partial charge is 0.495 e. The highest BCUT2D eigenvalue weighted by Gasteiger charge is 2.30. The third-order valence-electron chi connectivity index (χ3n) is 5.25. The number of methoxy groups -OCH3 is 1. The van der Waals surface area contributed by atoms with E-state index in [4.69, 9.17) is 9.47 Å². The number of halogens is 1. The molecule has 0 aromatic heterocycles. The Bertz CT molecular complexity index is 1000. The summed E-state index contributed by atoms with van der Waals surface area (Å²) in [4.78, 5) is 14.5. The van der Waals surface area contributed by atoms with E-state index in [-0.39, 0.29) is 47.1 Å². The summed E-state index contributed by atoms with van der Waals surface area (Å²) in [6.45, 7) is 2.94. The van der Waals surface area contributed by atoms with E-state index in [1.165, 1.54) is 46.6 Å². The normalized spacial score (nSPS) is 16.1. The Kier molecular flexibility index (Phi) is 6.74. The molecule has 0 saturated carbocycles. The fraction of sp³-hybridized carbons (Fsp3) is 0.381. The number of ether oxygens (including phenoxy) is 2. The first-order valence-electron chi connectivity index (χ1n) is 9.54. The fourth-order valence-corrected chi connectivity index (χ4v) is 4.87. The second kappa shape index (κ2) is 9.11. The first-order valence-corrected chi connectivity index (χ1v) is 11.0. The minimum absolute atomic E-state index is 0.0550. The minimum Gasteiger partial charge on any atom is -0.495 e. The van der Waals surface area contributed by atoms with Crippen LogP contribution in [0.5, 0.6) is 5.75 Å². The van der Waals surface area contributed by atoms with Crippen molar-refractivity contribution in [3.8, 4) is 5.75 Å². The van der Waals surface area contributed by atoms with Crippen LogP contribution in [0.3, 0.4) is 0 Å². The molecule has 3 rings (SSSR count). The van der Waals surface area contributed by atoms with Crippen molar-refractivity contribution in [3.63, 3.8) is 0 Å². The van der Waals surface area contributed by atoms with Gasteiger partial charge in [0.05, 0.1) is 26.4 Å². The summed E-state index contributed by atoms with van der Waals surface area (Å²) in [6, 6.07) is 9.94. The average molecular weight is 437 g/mol. The van der Waals surface area contributed by atoms with E-state index in [0.29, 0.717) is 13.2 Å². The Balaban J connectivity index is 1.91. The van der Waals surface area contributed by atoms with Gasteiger partial charge in [0, 0.05) is 25.7 Å². The van der Waals surface area contributed by atoms with E-state index in [9.17, 15) is 17.6 Å². The molecule has 30 heavy (non-hydrogen) atoms. The Hall–Kier alpha value is -2.49. The second-order valence-corrected chi connectivity index (χ2v) is 8.93. The molecule has 1 atom stereocenters. The van der Waals surface area contributed by atoms with Crippen LogP contribution in [0.4, 0.5) is 4.39 Å². The summed E-state index contributed by atoms with van der Waals surface area (Å²) >= 11 is 0. The third kappa shape index (κ3) is 4.48. The van der Waals surface area contributed by atoms with Gasteiger partial charge >= 0.3 is 0 Å². The Labute approximate surface area is 176 Å². The summed E-state index contributed by atoms with van der Waals surface area (Å²) in [5.41, 5.74) is 0.987. The summed E-state index contributed by atoms with van der Waals surface area (Å²) in [7, 11) is -0.839. The van der Waals surface area contributed by atoms with Gasteiger partial charge in [-0.1, -0.05) is 12.1 Å². The van der Waals surface area contributed by atoms with Crippen LogP contribution >= 0.6 is 0 Å². The molecule has 7 nitrogen and oxygen atoms in total. The zero-order valence-electron chi connectivity index (χ0n) is 17.2. The molecule has 1 unspecified atom stereocenters. The number of morpholine rings is 1. The van der Waals surface area contributed by atoms with Crippen LogP contribution in [0, 0.1) is 5.82 Å². The summed E-state index contributed by atoms with van der Waals surface area (Å²) in [5.74, 6) is -0.534. The lowest BCUT2D eigenvalue weighted by atomic mass is 10.1. The van der Waals surface area contributed by atoms with Gasteiger partial charge in [0.1, 0.15) is 16.5 Å². The van der Waals surface area contributed by atoms with Gasteiger partial charge in [-0.25, -0.2) is 12.8 Å². The second-order valence-electron chi connectivity index (χ2n) is 7.03. The molecule has 0 N–H and O–H groups in total. The quantitative estimate of drug-likeness (QED) is 0.696. The lowest BCUT2D eigenvalue weighted by Gasteiger charge is -2.28. The SMILES string of the molecule is COc1ccc(C(=O)N(C)C(C)c2ccc(F)cc2)cc1S(=O)(=O)N1CCOCC1. The van der Waals surface area contributed by atoms with Crippen molar-refractivity contribution < 1.29 is 27.1 Å². The number of nitrogens with zero attached hydrogens (tertiary/aromatic N) is 2. The van der Waals surface area contributed by atoms with E-state index >= 15 is 0 Å². The molecule has 0 aliphatic carbocycles. The van der Waals surface area contributed by atoms with Crippen LogP contribution in [-0.4, -0.2) is 64.0 Å². The van der Waals surface area contributed by atoms with Crippen molar-refractivity contribution in [2.45, 2.75) is 17.9 Å². The molecule has 1 aliphatic rings. The molecule has 162 valence electrons. The zero-order chi connectivity index (χ0) is 21.9. The third-order valence-corrected chi connectivity index (χ3v) is 7.17.